The quantitative estimate of drug-likeness (QED) is 0.458. The van der Waals surface area contributed by atoms with Crippen molar-refractivity contribution in [1.82, 2.24) is 14.1 Å². The standard InChI is InChI=1S/C21H16BrClN4O3/c1-11-9-12(22)3-8-16(11)24-19(28)15-10-26(2)18-17(15)25-21(30)27(20(18)29)14-6-4-13(23)5-7-14/h3-10H,1-2H3,(H,24,28)(H,25,30). The number of anilines is 1. The van der Waals surface area contributed by atoms with Crippen LogP contribution in [-0.2, 0) is 7.05 Å². The van der Waals surface area contributed by atoms with E-state index in [1.165, 1.54) is 10.8 Å². The number of fused-ring (bicyclic) bond motifs is 1. The van der Waals surface area contributed by atoms with Crippen molar-refractivity contribution in [3.8, 4) is 5.69 Å². The molecule has 9 heteroatoms. The lowest BCUT2D eigenvalue weighted by atomic mass is 10.2. The number of halogens is 2. The highest BCUT2D eigenvalue weighted by Gasteiger charge is 2.20. The topological polar surface area (TPSA) is 88.9 Å². The first kappa shape index (κ1) is 20.2. The van der Waals surface area contributed by atoms with E-state index in [1.807, 2.05) is 19.1 Å². The number of hydrogen-bond acceptors (Lipinski definition) is 3. The number of aromatic nitrogens is 3. The molecule has 2 heterocycles. The van der Waals surface area contributed by atoms with Gasteiger partial charge in [-0.05, 0) is 55.0 Å². The van der Waals surface area contributed by atoms with Crippen LogP contribution in [0.25, 0.3) is 16.7 Å². The average molecular weight is 488 g/mol. The molecule has 2 aromatic heterocycles. The Morgan fingerprint density at radius 3 is 2.50 bits per heavy atom. The number of hydrogen-bond donors (Lipinski definition) is 2. The molecule has 0 aliphatic rings. The molecular weight excluding hydrogens is 472 g/mol. The highest BCUT2D eigenvalue weighted by Crippen LogP contribution is 2.22. The minimum absolute atomic E-state index is 0.185. The van der Waals surface area contributed by atoms with E-state index < -0.39 is 17.2 Å². The summed E-state index contributed by atoms with van der Waals surface area (Å²) in [7, 11) is 1.65. The van der Waals surface area contributed by atoms with Crippen molar-refractivity contribution < 1.29 is 4.79 Å². The largest absolute Gasteiger partial charge is 0.344 e. The first-order valence-electron chi connectivity index (χ1n) is 8.94. The van der Waals surface area contributed by atoms with E-state index in [0.29, 0.717) is 16.4 Å². The summed E-state index contributed by atoms with van der Waals surface area (Å²) in [5.74, 6) is -0.426. The van der Waals surface area contributed by atoms with E-state index in [4.69, 9.17) is 11.6 Å². The number of aromatic amines is 1. The van der Waals surface area contributed by atoms with Crippen LogP contribution in [0.2, 0.25) is 5.02 Å². The molecule has 0 unspecified atom stereocenters. The number of carbonyl (C=O) groups excluding carboxylic acids is 1. The van der Waals surface area contributed by atoms with Crippen molar-refractivity contribution in [2.75, 3.05) is 5.32 Å². The van der Waals surface area contributed by atoms with Crippen LogP contribution in [0.15, 0.2) is 62.7 Å². The lowest BCUT2D eigenvalue weighted by Gasteiger charge is -2.08. The van der Waals surface area contributed by atoms with Crippen LogP contribution >= 0.6 is 27.5 Å². The maximum atomic E-state index is 13.1. The summed E-state index contributed by atoms with van der Waals surface area (Å²) in [4.78, 5) is 41.4. The fourth-order valence-electron chi connectivity index (χ4n) is 3.33. The molecule has 2 N–H and O–H groups in total. The molecule has 0 saturated heterocycles. The molecule has 7 nitrogen and oxygen atoms in total. The minimum atomic E-state index is -0.644. The van der Waals surface area contributed by atoms with Gasteiger partial charge in [0.15, 0.2) is 0 Å². The van der Waals surface area contributed by atoms with Crippen molar-refractivity contribution in [2.24, 2.45) is 7.05 Å². The first-order chi connectivity index (χ1) is 14.3. The summed E-state index contributed by atoms with van der Waals surface area (Å²) >= 11 is 9.29. The molecule has 152 valence electrons. The van der Waals surface area contributed by atoms with Crippen LogP contribution in [0.3, 0.4) is 0 Å². The van der Waals surface area contributed by atoms with Gasteiger partial charge in [0.1, 0.15) is 5.52 Å². The second-order valence-corrected chi connectivity index (χ2v) is 8.19. The van der Waals surface area contributed by atoms with Gasteiger partial charge in [0, 0.05) is 28.4 Å². The predicted octanol–water partition coefficient (Wildman–Crippen LogP) is 3.99. The first-order valence-corrected chi connectivity index (χ1v) is 10.1. The molecule has 0 fully saturated rings. The molecule has 0 atom stereocenters. The van der Waals surface area contributed by atoms with E-state index in [9.17, 15) is 14.4 Å². The normalized spacial score (nSPS) is 11.1. The smallest absolute Gasteiger partial charge is 0.333 e. The van der Waals surface area contributed by atoms with Crippen LogP contribution in [0, 0.1) is 6.92 Å². The number of amides is 1. The van der Waals surface area contributed by atoms with Crippen LogP contribution in [-0.4, -0.2) is 20.0 Å². The van der Waals surface area contributed by atoms with Crippen molar-refractivity contribution in [2.45, 2.75) is 6.92 Å². The zero-order chi connectivity index (χ0) is 21.6. The van der Waals surface area contributed by atoms with Crippen LogP contribution in [0.1, 0.15) is 15.9 Å². The van der Waals surface area contributed by atoms with E-state index in [1.54, 1.807) is 37.4 Å². The Morgan fingerprint density at radius 2 is 1.83 bits per heavy atom. The lowest BCUT2D eigenvalue weighted by Crippen LogP contribution is -2.34. The monoisotopic (exact) mass is 486 g/mol. The number of aryl methyl sites for hydroxylation is 2. The molecule has 0 spiro atoms. The summed E-state index contributed by atoms with van der Waals surface area (Å²) < 4.78 is 3.44. The number of carbonyl (C=O) groups is 1. The van der Waals surface area contributed by atoms with Gasteiger partial charge in [-0.2, -0.15) is 0 Å². The number of nitrogens with zero attached hydrogens (tertiary/aromatic N) is 2. The summed E-state index contributed by atoms with van der Waals surface area (Å²) in [5.41, 5.74) is 1.31. The van der Waals surface area contributed by atoms with Crippen LogP contribution < -0.4 is 16.6 Å². The van der Waals surface area contributed by atoms with Crippen LogP contribution in [0.5, 0.6) is 0 Å². The average Bonchev–Trinajstić information content (AvgIpc) is 3.02. The fraction of sp³-hybridized carbons (Fsp3) is 0.0952. The third-order valence-electron chi connectivity index (χ3n) is 4.79. The minimum Gasteiger partial charge on any atom is -0.344 e. The molecule has 0 aliphatic heterocycles. The van der Waals surface area contributed by atoms with Gasteiger partial charge in [0.2, 0.25) is 0 Å². The van der Waals surface area contributed by atoms with Crippen molar-refractivity contribution in [3.05, 3.63) is 90.1 Å². The van der Waals surface area contributed by atoms with Gasteiger partial charge < -0.3 is 14.9 Å². The summed E-state index contributed by atoms with van der Waals surface area (Å²) in [6, 6.07) is 11.8. The van der Waals surface area contributed by atoms with E-state index >= 15 is 0 Å². The van der Waals surface area contributed by atoms with E-state index in [0.717, 1.165) is 14.6 Å². The fourth-order valence-corrected chi connectivity index (χ4v) is 3.93. The molecular formula is C21H16BrClN4O3. The van der Waals surface area contributed by atoms with Gasteiger partial charge in [0.05, 0.1) is 16.8 Å². The summed E-state index contributed by atoms with van der Waals surface area (Å²) in [5, 5.41) is 3.32. The van der Waals surface area contributed by atoms with Crippen molar-refractivity contribution in [1.29, 1.82) is 0 Å². The molecule has 30 heavy (non-hydrogen) atoms. The van der Waals surface area contributed by atoms with Gasteiger partial charge >= 0.3 is 5.69 Å². The Hall–Kier alpha value is -3.10. The molecule has 0 radical (unpaired) electrons. The molecule has 0 saturated carbocycles. The Morgan fingerprint density at radius 1 is 1.13 bits per heavy atom. The number of benzene rings is 2. The third kappa shape index (κ3) is 3.48. The summed E-state index contributed by atoms with van der Waals surface area (Å²) in [6.45, 7) is 1.87. The Balaban J connectivity index is 1.83. The summed E-state index contributed by atoms with van der Waals surface area (Å²) in [6.07, 6.45) is 1.53. The highest BCUT2D eigenvalue weighted by atomic mass is 79.9. The molecule has 4 aromatic rings. The van der Waals surface area contributed by atoms with Crippen molar-refractivity contribution in [3.63, 3.8) is 0 Å². The lowest BCUT2D eigenvalue weighted by molar-refractivity contribution is 0.102. The Labute approximate surface area is 184 Å². The number of rotatable bonds is 3. The SMILES string of the molecule is Cc1cc(Br)ccc1NC(=O)c1cn(C)c2c(=O)n(-c3ccc(Cl)cc3)c(=O)[nH]c12. The van der Waals surface area contributed by atoms with Crippen molar-refractivity contribution >= 4 is 50.2 Å². The van der Waals surface area contributed by atoms with E-state index in [-0.39, 0.29) is 16.6 Å². The van der Waals surface area contributed by atoms with Gasteiger partial charge in [0.25, 0.3) is 11.5 Å². The van der Waals surface area contributed by atoms with Crippen LogP contribution in [0.4, 0.5) is 5.69 Å². The molecule has 0 aliphatic carbocycles. The molecule has 1 amide bonds. The molecule has 2 aromatic carbocycles. The van der Waals surface area contributed by atoms with Gasteiger partial charge in [-0.1, -0.05) is 27.5 Å². The zero-order valence-electron chi connectivity index (χ0n) is 16.0. The van der Waals surface area contributed by atoms with E-state index in [2.05, 4.69) is 26.2 Å². The third-order valence-corrected chi connectivity index (χ3v) is 5.53. The van der Waals surface area contributed by atoms with Gasteiger partial charge in [-0.3, -0.25) is 9.59 Å². The second-order valence-electron chi connectivity index (χ2n) is 6.84. The zero-order valence-corrected chi connectivity index (χ0v) is 18.3. The second kappa shape index (κ2) is 7.62. The highest BCUT2D eigenvalue weighted by molar-refractivity contribution is 9.10. The van der Waals surface area contributed by atoms with Gasteiger partial charge in [-0.15, -0.1) is 0 Å². The Bertz CT molecular complexity index is 1420. The van der Waals surface area contributed by atoms with Gasteiger partial charge in [-0.25, -0.2) is 9.36 Å². The predicted molar refractivity (Wildman–Crippen MR) is 121 cm³/mol. The number of H-pyrrole nitrogens is 1. The molecule has 4 rings (SSSR count). The molecule has 0 bridgehead atoms. The maximum absolute atomic E-state index is 13.1. The Kier molecular flexibility index (Phi) is 5.13. The number of nitrogens with one attached hydrogen (secondary N) is 2. The maximum Gasteiger partial charge on any atom is 0.333 e.